The number of hydrogen-bond donors (Lipinski definition) is 0. The second-order valence-corrected chi connectivity index (χ2v) is 5.61. The van der Waals surface area contributed by atoms with E-state index in [2.05, 4.69) is 26.8 Å². The third kappa shape index (κ3) is 1.35. The lowest BCUT2D eigenvalue weighted by Crippen LogP contribution is -2.47. The van der Waals surface area contributed by atoms with E-state index in [1.165, 1.54) is 5.57 Å². The second-order valence-electron chi connectivity index (χ2n) is 5.61. The van der Waals surface area contributed by atoms with Crippen LogP contribution in [0.15, 0.2) is 23.8 Å². The van der Waals surface area contributed by atoms with Crippen LogP contribution in [0, 0.1) is 28.1 Å². The minimum absolute atomic E-state index is 0.0110. The maximum absolute atomic E-state index is 12.0. The molecule has 0 aromatic carbocycles. The molecule has 2 aliphatic rings. The lowest BCUT2D eigenvalue weighted by Gasteiger charge is -2.46. The Labute approximate surface area is 96.6 Å². The minimum atomic E-state index is -0.808. The fourth-order valence-corrected chi connectivity index (χ4v) is 2.96. The first-order valence-electron chi connectivity index (χ1n) is 5.73. The van der Waals surface area contributed by atoms with Gasteiger partial charge in [0.2, 0.25) is 0 Å². The van der Waals surface area contributed by atoms with Crippen LogP contribution in [-0.2, 0) is 4.79 Å². The van der Waals surface area contributed by atoms with Gasteiger partial charge < -0.3 is 0 Å². The summed E-state index contributed by atoms with van der Waals surface area (Å²) in [4.78, 5) is 12.0. The van der Waals surface area contributed by atoms with Crippen LogP contribution in [0.5, 0.6) is 0 Å². The van der Waals surface area contributed by atoms with E-state index >= 15 is 0 Å². The number of nitrogens with zero attached hydrogens (tertiary/aromatic N) is 1. The van der Waals surface area contributed by atoms with Gasteiger partial charge >= 0.3 is 0 Å². The monoisotopic (exact) mass is 215 g/mol. The van der Waals surface area contributed by atoms with E-state index in [1.807, 2.05) is 12.2 Å². The van der Waals surface area contributed by atoms with Crippen molar-refractivity contribution in [2.45, 2.75) is 33.6 Å². The van der Waals surface area contributed by atoms with Crippen LogP contribution in [0.2, 0.25) is 0 Å². The summed E-state index contributed by atoms with van der Waals surface area (Å²) in [5.74, 6) is 0.107. The van der Waals surface area contributed by atoms with Crippen LogP contribution in [0.1, 0.15) is 33.6 Å². The Hall–Kier alpha value is -1.36. The first kappa shape index (κ1) is 11.1. The molecule has 2 heteroatoms. The molecule has 16 heavy (non-hydrogen) atoms. The van der Waals surface area contributed by atoms with Crippen molar-refractivity contribution in [3.63, 3.8) is 0 Å². The van der Waals surface area contributed by atoms with Gasteiger partial charge in [0.25, 0.3) is 0 Å². The summed E-state index contributed by atoms with van der Waals surface area (Å²) in [7, 11) is 0. The van der Waals surface area contributed by atoms with E-state index in [9.17, 15) is 10.1 Å². The van der Waals surface area contributed by atoms with Gasteiger partial charge in [-0.3, -0.25) is 4.79 Å². The van der Waals surface area contributed by atoms with E-state index in [1.54, 1.807) is 6.08 Å². The highest BCUT2D eigenvalue weighted by Crippen LogP contribution is 2.52. The molecule has 0 spiro atoms. The molecule has 0 aromatic heterocycles. The Morgan fingerprint density at radius 2 is 2.19 bits per heavy atom. The molecule has 0 amide bonds. The van der Waals surface area contributed by atoms with Crippen LogP contribution in [-0.4, -0.2) is 5.78 Å². The Bertz CT molecular complexity index is 436. The van der Waals surface area contributed by atoms with Crippen LogP contribution in [0.3, 0.4) is 0 Å². The maximum atomic E-state index is 12.0. The summed E-state index contributed by atoms with van der Waals surface area (Å²) >= 11 is 0. The number of hydrogen-bond acceptors (Lipinski definition) is 2. The van der Waals surface area contributed by atoms with E-state index in [-0.39, 0.29) is 17.1 Å². The third-order valence-corrected chi connectivity index (χ3v) is 4.10. The number of fused-ring (bicyclic) bond motifs is 1. The Morgan fingerprint density at radius 3 is 2.81 bits per heavy atom. The zero-order chi connectivity index (χ0) is 12.0. The Morgan fingerprint density at radius 1 is 1.50 bits per heavy atom. The van der Waals surface area contributed by atoms with E-state index < -0.39 is 5.41 Å². The lowest BCUT2D eigenvalue weighted by atomic mass is 9.54. The van der Waals surface area contributed by atoms with Gasteiger partial charge in [0.05, 0.1) is 6.07 Å². The van der Waals surface area contributed by atoms with E-state index in [0.717, 1.165) is 6.42 Å². The largest absolute Gasteiger partial charge is 0.293 e. The molecule has 0 saturated carbocycles. The van der Waals surface area contributed by atoms with Crippen LogP contribution in [0.4, 0.5) is 0 Å². The molecule has 0 unspecified atom stereocenters. The minimum Gasteiger partial charge on any atom is -0.293 e. The second kappa shape index (κ2) is 3.31. The number of carbonyl (C=O) groups excluding carboxylic acids is 1. The molecule has 0 radical (unpaired) electrons. The highest BCUT2D eigenvalue weighted by atomic mass is 16.1. The highest BCUT2D eigenvalue weighted by molar-refractivity contribution is 5.98. The first-order valence-corrected chi connectivity index (χ1v) is 5.73. The predicted molar refractivity (Wildman–Crippen MR) is 62.5 cm³/mol. The predicted octanol–water partition coefficient (Wildman–Crippen LogP) is 3.02. The topological polar surface area (TPSA) is 40.9 Å². The number of carbonyl (C=O) groups is 1. The number of nitriles is 1. The summed E-state index contributed by atoms with van der Waals surface area (Å²) < 4.78 is 0. The van der Waals surface area contributed by atoms with Gasteiger partial charge in [-0.2, -0.15) is 5.26 Å². The van der Waals surface area contributed by atoms with Gasteiger partial charge in [-0.05, 0) is 37.2 Å². The molecule has 2 nitrogen and oxygen atoms in total. The van der Waals surface area contributed by atoms with Gasteiger partial charge in [0, 0.05) is 0 Å². The average molecular weight is 215 g/mol. The molecule has 0 N–H and O–H groups in total. The smallest absolute Gasteiger partial charge is 0.176 e. The fraction of sp³-hybridized carbons (Fsp3) is 0.571. The van der Waals surface area contributed by atoms with Crippen molar-refractivity contribution in [1.82, 2.24) is 0 Å². The maximum Gasteiger partial charge on any atom is 0.176 e. The molecule has 0 bridgehead atoms. The number of rotatable bonds is 0. The van der Waals surface area contributed by atoms with Crippen molar-refractivity contribution in [1.29, 1.82) is 5.26 Å². The van der Waals surface area contributed by atoms with Crippen LogP contribution in [0.25, 0.3) is 0 Å². The SMILES string of the molecule is CC1=CC[C@@]2(C#N)C(=O)C=CC(C)(C)[C@H]2C1. The molecular formula is C14H17NO. The summed E-state index contributed by atoms with van der Waals surface area (Å²) in [5, 5.41) is 9.43. The van der Waals surface area contributed by atoms with Gasteiger partial charge in [0.1, 0.15) is 5.41 Å². The summed E-state index contributed by atoms with van der Waals surface area (Å²) in [6.07, 6.45) is 7.05. The Kier molecular flexibility index (Phi) is 2.31. The third-order valence-electron chi connectivity index (χ3n) is 4.10. The van der Waals surface area contributed by atoms with Crippen LogP contribution < -0.4 is 0 Å². The fourth-order valence-electron chi connectivity index (χ4n) is 2.96. The summed E-state index contributed by atoms with van der Waals surface area (Å²) in [5.41, 5.74) is 0.420. The highest BCUT2D eigenvalue weighted by Gasteiger charge is 2.53. The van der Waals surface area contributed by atoms with E-state index in [4.69, 9.17) is 0 Å². The van der Waals surface area contributed by atoms with Crippen molar-refractivity contribution >= 4 is 5.78 Å². The molecule has 0 aromatic rings. The van der Waals surface area contributed by atoms with Crippen molar-refractivity contribution in [2.75, 3.05) is 0 Å². The van der Waals surface area contributed by atoms with Gasteiger partial charge in [-0.1, -0.05) is 31.6 Å². The molecule has 2 aliphatic carbocycles. The lowest BCUT2D eigenvalue weighted by molar-refractivity contribution is -0.126. The molecule has 2 atom stereocenters. The first-order chi connectivity index (χ1) is 7.42. The molecule has 2 rings (SSSR count). The van der Waals surface area contributed by atoms with Crippen LogP contribution >= 0.6 is 0 Å². The average Bonchev–Trinajstić information content (AvgIpc) is 2.25. The zero-order valence-electron chi connectivity index (χ0n) is 10.1. The number of allylic oxidation sites excluding steroid dienone is 4. The van der Waals surface area contributed by atoms with Gasteiger partial charge in [-0.15, -0.1) is 0 Å². The van der Waals surface area contributed by atoms with Gasteiger partial charge in [-0.25, -0.2) is 0 Å². The van der Waals surface area contributed by atoms with Crippen molar-refractivity contribution < 1.29 is 4.79 Å². The van der Waals surface area contributed by atoms with Crippen molar-refractivity contribution in [3.8, 4) is 6.07 Å². The van der Waals surface area contributed by atoms with Crippen molar-refractivity contribution in [2.24, 2.45) is 16.7 Å². The zero-order valence-corrected chi connectivity index (χ0v) is 10.1. The molecule has 84 valence electrons. The standard InChI is InChI=1S/C14H17NO/c1-10-4-7-14(9-15)11(8-10)13(2,3)6-5-12(14)16/h4-6,11H,7-8H2,1-3H3/t11-,14+/m1/s1. The molecule has 0 aliphatic heterocycles. The quantitative estimate of drug-likeness (QED) is 0.583. The number of ketones is 1. The molecule has 0 fully saturated rings. The summed E-state index contributed by atoms with van der Waals surface area (Å²) in [6.45, 7) is 6.32. The Balaban J connectivity index is 2.57. The normalized spacial score (nSPS) is 36.2. The van der Waals surface area contributed by atoms with Crippen molar-refractivity contribution in [3.05, 3.63) is 23.8 Å². The molecule has 0 heterocycles. The van der Waals surface area contributed by atoms with E-state index in [0.29, 0.717) is 6.42 Å². The molecule has 0 saturated heterocycles. The summed E-state index contributed by atoms with van der Waals surface area (Å²) in [6, 6.07) is 2.30. The van der Waals surface area contributed by atoms with Gasteiger partial charge in [0.15, 0.2) is 5.78 Å². The molecular weight excluding hydrogens is 198 g/mol.